The number of fused-ring (bicyclic) bond motifs is 1. The van der Waals surface area contributed by atoms with E-state index in [0.717, 1.165) is 5.69 Å². The molecule has 98 valence electrons. The van der Waals surface area contributed by atoms with Crippen LogP contribution in [0.2, 0.25) is 0 Å². The lowest BCUT2D eigenvalue weighted by Gasteiger charge is -2.32. The van der Waals surface area contributed by atoms with Gasteiger partial charge in [0, 0.05) is 24.3 Å². The summed E-state index contributed by atoms with van der Waals surface area (Å²) in [6.07, 6.45) is 5.01. The summed E-state index contributed by atoms with van der Waals surface area (Å²) in [7, 11) is 2.22. The van der Waals surface area contributed by atoms with Gasteiger partial charge in [-0.2, -0.15) is 0 Å². The van der Waals surface area contributed by atoms with Gasteiger partial charge in [-0.25, -0.2) is 0 Å². The number of piperidine rings is 1. The van der Waals surface area contributed by atoms with Crippen LogP contribution in [0.15, 0.2) is 18.2 Å². The number of benzene rings is 1. The minimum atomic E-state index is 0.539. The van der Waals surface area contributed by atoms with Crippen molar-refractivity contribution in [2.24, 2.45) is 0 Å². The van der Waals surface area contributed by atoms with E-state index in [-0.39, 0.29) is 0 Å². The molecule has 1 aromatic rings. The van der Waals surface area contributed by atoms with E-state index < -0.39 is 0 Å². The molecular weight excluding hydrogens is 222 g/mol. The number of likely N-dealkylation sites (N-methyl/N-ethyl adjacent to an activating group) is 1. The molecule has 3 heteroatoms. The molecule has 1 aromatic carbocycles. The number of nitrogens with one attached hydrogen (secondary N) is 1. The third-order valence-corrected chi connectivity index (χ3v) is 4.31. The van der Waals surface area contributed by atoms with Gasteiger partial charge in [0.1, 0.15) is 0 Å². The zero-order valence-corrected chi connectivity index (χ0v) is 11.2. The fourth-order valence-electron chi connectivity index (χ4n) is 3.40. The number of aryl methyl sites for hydroxylation is 1. The smallest absolute Gasteiger partial charge is 0.0329 e. The molecule has 0 amide bonds. The van der Waals surface area contributed by atoms with Crippen molar-refractivity contribution in [1.82, 2.24) is 10.2 Å². The topological polar surface area (TPSA) is 41.3 Å². The van der Waals surface area contributed by atoms with Crippen LogP contribution in [0.1, 0.15) is 36.4 Å². The predicted octanol–water partition coefficient (Wildman–Crippen LogP) is 1.94. The Kier molecular flexibility index (Phi) is 3.27. The van der Waals surface area contributed by atoms with Crippen molar-refractivity contribution >= 4 is 5.69 Å². The first-order valence-electron chi connectivity index (χ1n) is 7.05. The fraction of sp³-hybridized carbons (Fsp3) is 0.600. The third-order valence-electron chi connectivity index (χ3n) is 4.31. The number of rotatable bonds is 2. The van der Waals surface area contributed by atoms with Crippen LogP contribution in [-0.4, -0.2) is 31.1 Å². The summed E-state index contributed by atoms with van der Waals surface area (Å²) in [5, 5.41) is 3.84. The number of anilines is 1. The van der Waals surface area contributed by atoms with E-state index in [2.05, 4.69) is 29.4 Å². The van der Waals surface area contributed by atoms with E-state index in [4.69, 9.17) is 5.73 Å². The summed E-state index contributed by atoms with van der Waals surface area (Å²) in [5.41, 5.74) is 9.66. The fourth-order valence-corrected chi connectivity index (χ4v) is 3.40. The van der Waals surface area contributed by atoms with Crippen LogP contribution in [0, 0.1) is 0 Å². The van der Waals surface area contributed by atoms with Gasteiger partial charge in [0.15, 0.2) is 0 Å². The number of nitrogen functional groups attached to an aromatic ring is 1. The molecule has 3 rings (SSSR count). The molecule has 1 aliphatic carbocycles. The van der Waals surface area contributed by atoms with Crippen LogP contribution in [0.3, 0.4) is 0 Å². The van der Waals surface area contributed by atoms with Crippen molar-refractivity contribution in [3.05, 3.63) is 29.3 Å². The third kappa shape index (κ3) is 2.38. The van der Waals surface area contributed by atoms with Gasteiger partial charge in [-0.05, 0) is 62.5 Å². The van der Waals surface area contributed by atoms with Gasteiger partial charge in [0.2, 0.25) is 0 Å². The van der Waals surface area contributed by atoms with E-state index in [9.17, 15) is 0 Å². The van der Waals surface area contributed by atoms with Gasteiger partial charge in [0.05, 0.1) is 0 Å². The molecule has 3 nitrogen and oxygen atoms in total. The highest BCUT2D eigenvalue weighted by Gasteiger charge is 2.26. The Morgan fingerprint density at radius 2 is 2.22 bits per heavy atom. The van der Waals surface area contributed by atoms with Crippen molar-refractivity contribution in [1.29, 1.82) is 0 Å². The highest BCUT2D eigenvalue weighted by atomic mass is 15.1. The minimum absolute atomic E-state index is 0.539. The molecule has 0 aromatic heterocycles. The van der Waals surface area contributed by atoms with Crippen molar-refractivity contribution in [3.8, 4) is 0 Å². The maximum absolute atomic E-state index is 5.85. The second kappa shape index (κ2) is 4.90. The molecule has 0 saturated carbocycles. The van der Waals surface area contributed by atoms with Gasteiger partial charge in [0.25, 0.3) is 0 Å². The number of likely N-dealkylation sites (tertiary alicyclic amines) is 1. The second-order valence-electron chi connectivity index (χ2n) is 5.82. The maximum atomic E-state index is 5.85. The Labute approximate surface area is 109 Å². The molecule has 2 atom stereocenters. The number of hydrogen-bond acceptors (Lipinski definition) is 3. The van der Waals surface area contributed by atoms with Crippen LogP contribution in [-0.2, 0) is 6.42 Å². The first kappa shape index (κ1) is 12.0. The summed E-state index contributed by atoms with van der Waals surface area (Å²) >= 11 is 0. The molecule has 0 bridgehead atoms. The molecule has 18 heavy (non-hydrogen) atoms. The Hall–Kier alpha value is -1.06. The largest absolute Gasteiger partial charge is 0.399 e. The lowest BCUT2D eigenvalue weighted by Crippen LogP contribution is -2.44. The zero-order valence-electron chi connectivity index (χ0n) is 11.2. The van der Waals surface area contributed by atoms with Gasteiger partial charge in [-0.3, -0.25) is 0 Å². The van der Waals surface area contributed by atoms with Gasteiger partial charge < -0.3 is 16.0 Å². The van der Waals surface area contributed by atoms with E-state index in [1.165, 1.54) is 49.9 Å². The van der Waals surface area contributed by atoms with E-state index in [1.54, 1.807) is 0 Å². The SMILES string of the molecule is CN1CCCC(NC2CCc3cc(N)ccc32)C1. The second-order valence-corrected chi connectivity index (χ2v) is 5.82. The van der Waals surface area contributed by atoms with Crippen molar-refractivity contribution in [3.63, 3.8) is 0 Å². The van der Waals surface area contributed by atoms with Gasteiger partial charge in [-0.1, -0.05) is 6.07 Å². The molecule has 0 radical (unpaired) electrons. The average Bonchev–Trinajstić information content (AvgIpc) is 2.72. The molecule has 1 fully saturated rings. The van der Waals surface area contributed by atoms with E-state index in [1.807, 2.05) is 6.07 Å². The molecular formula is C15H23N3. The van der Waals surface area contributed by atoms with E-state index >= 15 is 0 Å². The van der Waals surface area contributed by atoms with Gasteiger partial charge in [-0.15, -0.1) is 0 Å². The Morgan fingerprint density at radius 3 is 3.06 bits per heavy atom. The molecule has 2 unspecified atom stereocenters. The summed E-state index contributed by atoms with van der Waals surface area (Å²) in [6, 6.07) is 7.58. The summed E-state index contributed by atoms with van der Waals surface area (Å²) in [6.45, 7) is 2.43. The zero-order chi connectivity index (χ0) is 12.5. The first-order chi connectivity index (χ1) is 8.72. The van der Waals surface area contributed by atoms with E-state index in [0.29, 0.717) is 12.1 Å². The quantitative estimate of drug-likeness (QED) is 0.782. The van der Waals surface area contributed by atoms with Crippen LogP contribution in [0.25, 0.3) is 0 Å². The minimum Gasteiger partial charge on any atom is -0.399 e. The maximum Gasteiger partial charge on any atom is 0.0329 e. The molecule has 3 N–H and O–H groups in total. The molecule has 1 heterocycles. The average molecular weight is 245 g/mol. The Morgan fingerprint density at radius 1 is 1.33 bits per heavy atom. The molecule has 1 saturated heterocycles. The highest BCUT2D eigenvalue weighted by molar-refractivity contribution is 5.47. The lowest BCUT2D eigenvalue weighted by molar-refractivity contribution is 0.216. The standard InChI is InChI=1S/C15H23N3/c1-18-8-2-3-13(10-18)17-15-7-4-11-9-12(16)5-6-14(11)15/h5-6,9,13,15,17H,2-4,7-8,10,16H2,1H3. The van der Waals surface area contributed by atoms with Gasteiger partial charge >= 0.3 is 0 Å². The van der Waals surface area contributed by atoms with Crippen LogP contribution in [0.4, 0.5) is 5.69 Å². The van der Waals surface area contributed by atoms with Crippen LogP contribution in [0.5, 0.6) is 0 Å². The number of nitrogens with zero attached hydrogens (tertiary/aromatic N) is 1. The first-order valence-corrected chi connectivity index (χ1v) is 7.05. The summed E-state index contributed by atoms with van der Waals surface area (Å²) in [4.78, 5) is 2.43. The summed E-state index contributed by atoms with van der Waals surface area (Å²) < 4.78 is 0. The molecule has 2 aliphatic rings. The normalized spacial score (nSPS) is 28.3. The van der Waals surface area contributed by atoms with Crippen LogP contribution < -0.4 is 11.1 Å². The summed E-state index contributed by atoms with van der Waals surface area (Å²) in [5.74, 6) is 0. The van der Waals surface area contributed by atoms with Crippen molar-refractivity contribution < 1.29 is 0 Å². The lowest BCUT2D eigenvalue weighted by atomic mass is 10.0. The number of hydrogen-bond donors (Lipinski definition) is 2. The molecule has 1 aliphatic heterocycles. The Bertz CT molecular complexity index is 430. The Balaban J connectivity index is 1.69. The highest BCUT2D eigenvalue weighted by Crippen LogP contribution is 2.33. The van der Waals surface area contributed by atoms with Crippen LogP contribution >= 0.6 is 0 Å². The monoisotopic (exact) mass is 245 g/mol. The van der Waals surface area contributed by atoms with Crippen molar-refractivity contribution in [2.75, 3.05) is 25.9 Å². The number of nitrogens with two attached hydrogens (primary N) is 1. The molecule has 0 spiro atoms. The van der Waals surface area contributed by atoms with Crippen molar-refractivity contribution in [2.45, 2.75) is 37.8 Å². The predicted molar refractivity (Wildman–Crippen MR) is 75.6 cm³/mol.